The van der Waals surface area contributed by atoms with Gasteiger partial charge in [-0.3, -0.25) is 9.59 Å². The highest BCUT2D eigenvalue weighted by Crippen LogP contribution is 2.06. The summed E-state index contributed by atoms with van der Waals surface area (Å²) >= 11 is 0. The van der Waals surface area contributed by atoms with Crippen molar-refractivity contribution in [3.63, 3.8) is 0 Å². The van der Waals surface area contributed by atoms with Crippen LogP contribution in [0.1, 0.15) is 29.3 Å². The maximum Gasteiger partial charge on any atom is 0.251 e. The second-order valence-electron chi connectivity index (χ2n) is 5.93. The predicted molar refractivity (Wildman–Crippen MR) is 124 cm³/mol. The number of nitrogens with two attached hydrogens (primary N) is 1. The first-order valence-electron chi connectivity index (χ1n) is 9.31. The van der Waals surface area contributed by atoms with Crippen LogP contribution >= 0.6 is 24.0 Å². The molecule has 2 amide bonds. The molecule has 5 N–H and O–H groups in total. The van der Waals surface area contributed by atoms with Crippen molar-refractivity contribution in [3.05, 3.63) is 35.4 Å². The van der Waals surface area contributed by atoms with E-state index in [4.69, 9.17) is 15.2 Å². The van der Waals surface area contributed by atoms with Crippen molar-refractivity contribution in [2.75, 3.05) is 46.6 Å². The Morgan fingerprint density at radius 3 is 2.41 bits per heavy atom. The molecule has 0 bridgehead atoms. The van der Waals surface area contributed by atoms with Crippen molar-refractivity contribution in [2.24, 2.45) is 10.7 Å². The van der Waals surface area contributed by atoms with Gasteiger partial charge in [-0.1, -0.05) is 12.1 Å². The zero-order valence-electron chi connectivity index (χ0n) is 17.0. The number of hydrogen-bond acceptors (Lipinski definition) is 5. The molecule has 0 unspecified atom stereocenters. The summed E-state index contributed by atoms with van der Waals surface area (Å²) in [5.41, 5.74) is 6.44. The maximum absolute atomic E-state index is 11.9. The van der Waals surface area contributed by atoms with Gasteiger partial charge in [0.25, 0.3) is 5.91 Å². The van der Waals surface area contributed by atoms with Gasteiger partial charge < -0.3 is 31.2 Å². The van der Waals surface area contributed by atoms with E-state index in [0.29, 0.717) is 31.9 Å². The second kappa shape index (κ2) is 17.0. The quantitative estimate of drug-likeness (QED) is 0.131. The van der Waals surface area contributed by atoms with Gasteiger partial charge in [0.1, 0.15) is 0 Å². The lowest BCUT2D eigenvalue weighted by Gasteiger charge is -2.11. The predicted octanol–water partition coefficient (Wildman–Crippen LogP) is 0.628. The van der Waals surface area contributed by atoms with Gasteiger partial charge in [-0.15, -0.1) is 24.0 Å². The first kappa shape index (κ1) is 27.1. The number of carbonyl (C=O) groups excluding carboxylic acids is 2. The molecule has 0 aliphatic heterocycles. The molecule has 164 valence electrons. The molecule has 1 rings (SSSR count). The molecule has 29 heavy (non-hydrogen) atoms. The molecule has 0 saturated heterocycles. The number of rotatable bonds is 13. The van der Waals surface area contributed by atoms with E-state index in [1.54, 1.807) is 19.2 Å². The van der Waals surface area contributed by atoms with E-state index >= 15 is 0 Å². The van der Waals surface area contributed by atoms with E-state index in [9.17, 15) is 9.59 Å². The Morgan fingerprint density at radius 1 is 1.07 bits per heavy atom. The highest BCUT2D eigenvalue weighted by molar-refractivity contribution is 14.0. The van der Waals surface area contributed by atoms with Crippen LogP contribution < -0.4 is 21.7 Å². The first-order chi connectivity index (χ1) is 13.6. The standard InChI is InChI=1S/C19H31N5O4.HI/c1-3-21-19(22-9-4-10-28-12-11-27-2)24-13-15-5-7-16(8-6-15)18(26)23-14-17(20)25;/h5-8H,3-4,9-14H2,1-2H3,(H2,20,25)(H,23,26)(H2,21,22,24);1H. The summed E-state index contributed by atoms with van der Waals surface area (Å²) in [6.45, 7) is 5.67. The average molecular weight is 521 g/mol. The van der Waals surface area contributed by atoms with Gasteiger partial charge in [-0.25, -0.2) is 4.99 Å². The van der Waals surface area contributed by atoms with Gasteiger partial charge in [0, 0.05) is 32.4 Å². The molecule has 0 heterocycles. The lowest BCUT2D eigenvalue weighted by molar-refractivity contribution is -0.117. The Labute approximate surface area is 189 Å². The molecule has 0 saturated carbocycles. The van der Waals surface area contributed by atoms with Crippen LogP contribution in [-0.4, -0.2) is 64.3 Å². The molecular formula is C19H32IN5O4. The highest BCUT2D eigenvalue weighted by Gasteiger charge is 2.06. The number of carbonyl (C=O) groups is 2. The van der Waals surface area contributed by atoms with E-state index in [1.807, 2.05) is 19.1 Å². The number of ether oxygens (including phenoxy) is 2. The minimum atomic E-state index is -0.579. The highest BCUT2D eigenvalue weighted by atomic mass is 127. The van der Waals surface area contributed by atoms with Crippen molar-refractivity contribution in [1.29, 1.82) is 0 Å². The van der Waals surface area contributed by atoms with E-state index in [0.717, 1.165) is 31.0 Å². The lowest BCUT2D eigenvalue weighted by Crippen LogP contribution is -2.38. The molecule has 0 atom stereocenters. The van der Waals surface area contributed by atoms with Crippen LogP contribution in [0.25, 0.3) is 0 Å². The number of benzene rings is 1. The largest absolute Gasteiger partial charge is 0.382 e. The van der Waals surface area contributed by atoms with Crippen molar-refractivity contribution < 1.29 is 19.1 Å². The average Bonchev–Trinajstić information content (AvgIpc) is 2.69. The first-order valence-corrected chi connectivity index (χ1v) is 9.31. The third-order valence-electron chi connectivity index (χ3n) is 3.59. The number of amides is 2. The number of primary amides is 1. The number of halogens is 1. The Hall–Kier alpha value is -1.92. The topological polar surface area (TPSA) is 127 Å². The molecule has 1 aromatic rings. The van der Waals surface area contributed by atoms with E-state index < -0.39 is 5.91 Å². The third kappa shape index (κ3) is 13.0. The summed E-state index contributed by atoms with van der Waals surface area (Å²) in [7, 11) is 1.65. The van der Waals surface area contributed by atoms with Gasteiger partial charge in [0.2, 0.25) is 5.91 Å². The van der Waals surface area contributed by atoms with Crippen LogP contribution in [0.5, 0.6) is 0 Å². The fraction of sp³-hybridized carbons (Fsp3) is 0.526. The third-order valence-corrected chi connectivity index (χ3v) is 3.59. The number of methoxy groups -OCH3 is 1. The van der Waals surface area contributed by atoms with E-state index in [-0.39, 0.29) is 36.4 Å². The molecular weight excluding hydrogens is 489 g/mol. The molecule has 0 aliphatic rings. The van der Waals surface area contributed by atoms with Crippen molar-refractivity contribution in [1.82, 2.24) is 16.0 Å². The molecule has 9 nitrogen and oxygen atoms in total. The summed E-state index contributed by atoms with van der Waals surface area (Å²) < 4.78 is 10.3. The molecule has 0 radical (unpaired) electrons. The second-order valence-corrected chi connectivity index (χ2v) is 5.93. The lowest BCUT2D eigenvalue weighted by atomic mass is 10.1. The monoisotopic (exact) mass is 521 g/mol. The maximum atomic E-state index is 11.9. The molecule has 10 heteroatoms. The van der Waals surface area contributed by atoms with Gasteiger partial charge in [-0.05, 0) is 31.0 Å². The van der Waals surface area contributed by atoms with Crippen LogP contribution in [-0.2, 0) is 20.8 Å². The van der Waals surface area contributed by atoms with Gasteiger partial charge in [0.15, 0.2) is 5.96 Å². The Morgan fingerprint density at radius 2 is 1.79 bits per heavy atom. The SMILES string of the molecule is CCNC(=NCc1ccc(C(=O)NCC(N)=O)cc1)NCCCOCCOC.I. The van der Waals surface area contributed by atoms with Crippen LogP contribution in [0.3, 0.4) is 0 Å². The number of aliphatic imine (C=N–C) groups is 1. The van der Waals surface area contributed by atoms with Gasteiger partial charge in [-0.2, -0.15) is 0 Å². The minimum Gasteiger partial charge on any atom is -0.382 e. The summed E-state index contributed by atoms with van der Waals surface area (Å²) in [6.07, 6.45) is 0.864. The minimum absolute atomic E-state index is 0. The summed E-state index contributed by atoms with van der Waals surface area (Å²) in [6, 6.07) is 7.05. The smallest absolute Gasteiger partial charge is 0.251 e. The van der Waals surface area contributed by atoms with Crippen molar-refractivity contribution >= 4 is 41.8 Å². The van der Waals surface area contributed by atoms with Crippen LogP contribution in [0.15, 0.2) is 29.3 Å². The summed E-state index contributed by atoms with van der Waals surface area (Å²) in [4.78, 5) is 27.1. The van der Waals surface area contributed by atoms with Crippen molar-refractivity contribution in [3.8, 4) is 0 Å². The van der Waals surface area contributed by atoms with Crippen LogP contribution in [0, 0.1) is 0 Å². The summed E-state index contributed by atoms with van der Waals surface area (Å²) in [5.74, 6) is -0.191. The molecule has 0 fully saturated rings. The fourth-order valence-electron chi connectivity index (χ4n) is 2.17. The Kier molecular flexibility index (Phi) is 15.9. The number of nitrogens with zero attached hydrogens (tertiary/aromatic N) is 1. The Bertz CT molecular complexity index is 626. The molecule has 0 spiro atoms. The molecule has 0 aliphatic carbocycles. The zero-order valence-corrected chi connectivity index (χ0v) is 19.4. The van der Waals surface area contributed by atoms with Gasteiger partial charge in [0.05, 0.1) is 26.3 Å². The Balaban J connectivity index is 0.00000784. The van der Waals surface area contributed by atoms with E-state index in [2.05, 4.69) is 20.9 Å². The number of hydrogen-bond donors (Lipinski definition) is 4. The van der Waals surface area contributed by atoms with Crippen LogP contribution in [0.4, 0.5) is 0 Å². The molecule has 1 aromatic carbocycles. The zero-order chi connectivity index (χ0) is 20.6. The number of nitrogens with one attached hydrogen (secondary N) is 3. The van der Waals surface area contributed by atoms with Gasteiger partial charge >= 0.3 is 0 Å². The van der Waals surface area contributed by atoms with E-state index in [1.165, 1.54) is 0 Å². The normalized spacial score (nSPS) is 10.8. The fourth-order valence-corrected chi connectivity index (χ4v) is 2.17. The van der Waals surface area contributed by atoms with Crippen LogP contribution in [0.2, 0.25) is 0 Å². The number of guanidine groups is 1. The van der Waals surface area contributed by atoms with Crippen molar-refractivity contribution in [2.45, 2.75) is 19.9 Å². The summed E-state index contributed by atoms with van der Waals surface area (Å²) in [5, 5.41) is 8.90. The molecule has 0 aromatic heterocycles.